The van der Waals surface area contributed by atoms with Crippen molar-refractivity contribution in [3.05, 3.63) is 117 Å². The zero-order chi connectivity index (χ0) is 27.4. The summed E-state index contributed by atoms with van der Waals surface area (Å²) in [7, 11) is 0. The van der Waals surface area contributed by atoms with Crippen LogP contribution < -0.4 is 11.3 Å². The number of nitrogens with zero attached hydrogens (tertiary/aromatic N) is 6. The monoisotopic (exact) mass is 528 g/mol. The van der Waals surface area contributed by atoms with Crippen LogP contribution in [0.15, 0.2) is 104 Å². The zero-order valence-corrected chi connectivity index (χ0v) is 21.4. The van der Waals surface area contributed by atoms with Crippen LogP contribution in [0.25, 0.3) is 55.8 Å². The summed E-state index contributed by atoms with van der Waals surface area (Å²) < 4.78 is 14.0. The summed E-state index contributed by atoms with van der Waals surface area (Å²) in [6.45, 7) is 3.75. The van der Waals surface area contributed by atoms with Crippen LogP contribution in [0.1, 0.15) is 11.1 Å². The summed E-state index contributed by atoms with van der Waals surface area (Å²) in [6, 6.07) is 21.9. The minimum absolute atomic E-state index is 0.391. The van der Waals surface area contributed by atoms with Gasteiger partial charge in [0.25, 0.3) is 0 Å². The Kier molecular flexibility index (Phi) is 5.27. The molecule has 40 heavy (non-hydrogen) atoms. The topological polar surface area (TPSA) is 122 Å². The second-order valence-electron chi connectivity index (χ2n) is 9.54. The van der Waals surface area contributed by atoms with E-state index in [1.807, 2.05) is 74.8 Å². The molecule has 10 heteroatoms. The van der Waals surface area contributed by atoms with Crippen LogP contribution in [0, 0.1) is 13.8 Å². The maximum atomic E-state index is 11.8. The van der Waals surface area contributed by atoms with Crippen LogP contribution in [-0.4, -0.2) is 30.0 Å². The normalized spacial score (nSPS) is 11.4. The summed E-state index contributed by atoms with van der Waals surface area (Å²) in [4.78, 5) is 23.6. The van der Waals surface area contributed by atoms with Gasteiger partial charge in [0, 0.05) is 46.2 Å². The van der Waals surface area contributed by atoms with Crippen molar-refractivity contribution in [3.63, 3.8) is 0 Å². The van der Waals surface area contributed by atoms with Crippen molar-refractivity contribution in [2.45, 2.75) is 13.8 Å². The highest BCUT2D eigenvalue weighted by Gasteiger charge is 2.12. The van der Waals surface area contributed by atoms with E-state index in [0.29, 0.717) is 22.6 Å². The van der Waals surface area contributed by atoms with E-state index in [2.05, 4.69) is 20.6 Å². The minimum atomic E-state index is -0.391. The fourth-order valence-electron chi connectivity index (χ4n) is 4.79. The molecule has 0 radical (unpaired) electrons. The minimum Gasteiger partial charge on any atom is -0.423 e. The lowest BCUT2D eigenvalue weighted by Crippen LogP contribution is -1.99. The second kappa shape index (κ2) is 8.98. The average molecular weight is 529 g/mol. The molecule has 0 aliphatic rings. The van der Waals surface area contributed by atoms with Gasteiger partial charge in [0.1, 0.15) is 22.6 Å². The summed E-state index contributed by atoms with van der Waals surface area (Å²) in [5.41, 5.74) is 6.40. The molecule has 0 fully saturated rings. The third kappa shape index (κ3) is 4.08. The maximum Gasteiger partial charge on any atom is 0.336 e. The molecule has 0 unspecified atom stereocenters. The highest BCUT2D eigenvalue weighted by molar-refractivity contribution is 5.82. The number of aromatic nitrogens is 6. The first-order valence-electron chi connectivity index (χ1n) is 12.5. The van der Waals surface area contributed by atoms with Crippen LogP contribution in [0.2, 0.25) is 0 Å². The van der Waals surface area contributed by atoms with E-state index in [1.54, 1.807) is 21.5 Å². The quantitative estimate of drug-likeness (QED) is 0.292. The molecule has 10 nitrogen and oxygen atoms in total. The number of hydrogen-bond acceptors (Lipinski definition) is 8. The van der Waals surface area contributed by atoms with Crippen molar-refractivity contribution >= 4 is 21.9 Å². The highest BCUT2D eigenvalue weighted by atomic mass is 16.4. The molecule has 0 atom stereocenters. The number of fused-ring (bicyclic) bond motifs is 2. The first kappa shape index (κ1) is 23.5. The van der Waals surface area contributed by atoms with Gasteiger partial charge in [0.05, 0.1) is 23.8 Å². The van der Waals surface area contributed by atoms with Crippen LogP contribution in [0.4, 0.5) is 0 Å². The maximum absolute atomic E-state index is 11.8. The van der Waals surface area contributed by atoms with Crippen molar-refractivity contribution in [2.24, 2.45) is 0 Å². The molecule has 194 valence electrons. The van der Waals surface area contributed by atoms with E-state index >= 15 is 0 Å². The second-order valence-corrected chi connectivity index (χ2v) is 9.54. The lowest BCUT2D eigenvalue weighted by molar-refractivity contribution is 0.559. The molecule has 0 saturated carbocycles. The molecule has 0 N–H and O–H groups in total. The molecule has 4 aromatic heterocycles. The van der Waals surface area contributed by atoms with Crippen molar-refractivity contribution in [1.82, 2.24) is 30.0 Å². The van der Waals surface area contributed by atoms with Gasteiger partial charge in [-0.3, -0.25) is 0 Å². The molecule has 4 heterocycles. The van der Waals surface area contributed by atoms with Crippen molar-refractivity contribution in [1.29, 1.82) is 0 Å². The number of benzene rings is 3. The molecule has 0 spiro atoms. The standard InChI is InChI=1S/C30H20N6O4/c1-17-10-29(37)39-27-13-21(6-8-23(17)27)35-15-25(31-33-35)19-4-3-5-20(12-19)26-16-36(34-32-26)22-7-9-24-18(2)11-30(38)40-28(24)14-22/h3-16H,1-2H3. The van der Waals surface area contributed by atoms with Gasteiger partial charge in [-0.05, 0) is 55.3 Å². The van der Waals surface area contributed by atoms with Crippen LogP contribution in [0.3, 0.4) is 0 Å². The van der Waals surface area contributed by atoms with E-state index in [0.717, 1.165) is 44.4 Å². The first-order valence-corrected chi connectivity index (χ1v) is 12.5. The van der Waals surface area contributed by atoms with E-state index in [-0.39, 0.29) is 0 Å². The summed E-state index contributed by atoms with van der Waals surface area (Å²) in [6.07, 6.45) is 3.63. The predicted molar refractivity (Wildman–Crippen MR) is 149 cm³/mol. The summed E-state index contributed by atoms with van der Waals surface area (Å²) in [5.74, 6) is 0. The van der Waals surface area contributed by atoms with Gasteiger partial charge < -0.3 is 8.83 Å². The molecule has 0 amide bonds. The first-order chi connectivity index (χ1) is 19.4. The fraction of sp³-hybridized carbons (Fsp3) is 0.0667. The highest BCUT2D eigenvalue weighted by Crippen LogP contribution is 2.27. The average Bonchev–Trinajstić information content (AvgIpc) is 3.63. The molecule has 0 bridgehead atoms. The Hall–Kier alpha value is -5.64. The largest absolute Gasteiger partial charge is 0.423 e. The van der Waals surface area contributed by atoms with E-state index in [4.69, 9.17) is 8.83 Å². The smallest absolute Gasteiger partial charge is 0.336 e. The Balaban J connectivity index is 1.19. The van der Waals surface area contributed by atoms with Gasteiger partial charge in [0.15, 0.2) is 0 Å². The fourth-order valence-corrected chi connectivity index (χ4v) is 4.79. The number of rotatable bonds is 4. The van der Waals surface area contributed by atoms with Gasteiger partial charge in [-0.1, -0.05) is 28.6 Å². The van der Waals surface area contributed by atoms with Gasteiger partial charge in [0.2, 0.25) is 0 Å². The molecule has 3 aromatic carbocycles. The number of hydrogen-bond donors (Lipinski definition) is 0. The van der Waals surface area contributed by atoms with Gasteiger partial charge in [-0.25, -0.2) is 19.0 Å². The molecule has 0 aliphatic carbocycles. The third-order valence-electron chi connectivity index (χ3n) is 6.84. The summed E-state index contributed by atoms with van der Waals surface area (Å²) in [5, 5.41) is 19.0. The number of aryl methyl sites for hydroxylation is 2. The molecular formula is C30H20N6O4. The molecule has 0 saturated heterocycles. The van der Waals surface area contributed by atoms with Crippen molar-refractivity contribution in [2.75, 3.05) is 0 Å². The Morgan fingerprint density at radius 3 is 1.55 bits per heavy atom. The SMILES string of the molecule is Cc1cc(=O)oc2cc(-n3cc(-c4cccc(-c5cn(-c6ccc7c(C)cc(=O)oc7c6)nn5)c4)nn3)ccc12. The van der Waals surface area contributed by atoms with Crippen LogP contribution in [0.5, 0.6) is 0 Å². The van der Waals surface area contributed by atoms with E-state index in [9.17, 15) is 9.59 Å². The Bertz CT molecular complexity index is 2050. The van der Waals surface area contributed by atoms with Crippen LogP contribution >= 0.6 is 0 Å². The molecule has 7 rings (SSSR count). The van der Waals surface area contributed by atoms with Gasteiger partial charge >= 0.3 is 11.3 Å². The van der Waals surface area contributed by atoms with Crippen molar-refractivity contribution in [3.8, 4) is 33.9 Å². The Labute approximate surface area is 225 Å². The summed E-state index contributed by atoms with van der Waals surface area (Å²) >= 11 is 0. The zero-order valence-electron chi connectivity index (χ0n) is 21.4. The van der Waals surface area contributed by atoms with E-state index in [1.165, 1.54) is 12.1 Å². The molecule has 7 aromatic rings. The Morgan fingerprint density at radius 2 is 1.07 bits per heavy atom. The Morgan fingerprint density at radius 1 is 0.600 bits per heavy atom. The van der Waals surface area contributed by atoms with Crippen LogP contribution in [-0.2, 0) is 0 Å². The predicted octanol–water partition coefficient (Wildman–Crippen LogP) is 5.01. The lowest BCUT2D eigenvalue weighted by Gasteiger charge is -2.04. The lowest BCUT2D eigenvalue weighted by atomic mass is 10.1. The van der Waals surface area contributed by atoms with Gasteiger partial charge in [-0.2, -0.15) is 0 Å². The van der Waals surface area contributed by atoms with E-state index < -0.39 is 11.3 Å². The van der Waals surface area contributed by atoms with Gasteiger partial charge in [-0.15, -0.1) is 10.2 Å². The molecule has 0 aliphatic heterocycles. The van der Waals surface area contributed by atoms with Crippen molar-refractivity contribution < 1.29 is 8.83 Å². The molecular weight excluding hydrogens is 508 g/mol. The third-order valence-corrected chi connectivity index (χ3v) is 6.84.